The zero-order chi connectivity index (χ0) is 15.8. The van der Waals surface area contributed by atoms with Crippen LogP contribution in [0.1, 0.15) is 30.4 Å². The van der Waals surface area contributed by atoms with E-state index in [1.807, 2.05) is 0 Å². The molecule has 2 aromatic rings. The molecule has 0 spiro atoms. The molecule has 1 fully saturated rings. The van der Waals surface area contributed by atoms with Gasteiger partial charge in [-0.15, -0.1) is 0 Å². The number of aliphatic hydroxyl groups is 1. The van der Waals surface area contributed by atoms with Gasteiger partial charge in [-0.3, -0.25) is 0 Å². The monoisotopic (exact) mass is 306 g/mol. The minimum absolute atomic E-state index is 0.0148. The van der Waals surface area contributed by atoms with E-state index in [2.05, 4.69) is 65.6 Å². The second-order valence-electron chi connectivity index (χ2n) is 6.47. The Bertz CT molecular complexity index is 690. The van der Waals surface area contributed by atoms with E-state index in [4.69, 9.17) is 5.73 Å². The Labute approximate surface area is 137 Å². The van der Waals surface area contributed by atoms with Crippen LogP contribution < -0.4 is 10.6 Å². The molecule has 0 amide bonds. The molecule has 3 atom stereocenters. The molecule has 0 radical (unpaired) electrons. The molecule has 1 heterocycles. The Balaban J connectivity index is 1.89. The van der Waals surface area contributed by atoms with Crippen molar-refractivity contribution >= 4 is 23.5 Å². The van der Waals surface area contributed by atoms with Gasteiger partial charge in [0.1, 0.15) is 0 Å². The summed E-state index contributed by atoms with van der Waals surface area (Å²) in [5.41, 5.74) is 10.8. The molecule has 3 heteroatoms. The van der Waals surface area contributed by atoms with Crippen LogP contribution in [0.2, 0.25) is 0 Å². The van der Waals surface area contributed by atoms with Crippen molar-refractivity contribution in [3.8, 4) is 0 Å². The van der Waals surface area contributed by atoms with Crippen molar-refractivity contribution in [3.05, 3.63) is 59.7 Å². The Morgan fingerprint density at radius 1 is 0.870 bits per heavy atom. The zero-order valence-corrected chi connectivity index (χ0v) is 13.1. The molecule has 0 unspecified atom stereocenters. The SMILES string of the molecule is N[C@H]1CCC[C@@H](N2c3ccccc3C=Cc3ccccc32)[C@@H]1O. The van der Waals surface area contributed by atoms with E-state index < -0.39 is 6.10 Å². The van der Waals surface area contributed by atoms with Crippen LogP contribution >= 0.6 is 0 Å². The summed E-state index contributed by atoms with van der Waals surface area (Å²) in [6.45, 7) is 0. The highest BCUT2D eigenvalue weighted by Gasteiger charge is 2.36. The molecule has 3 N–H and O–H groups in total. The first-order valence-electron chi connectivity index (χ1n) is 8.35. The van der Waals surface area contributed by atoms with Gasteiger partial charge in [0.2, 0.25) is 0 Å². The Kier molecular flexibility index (Phi) is 3.68. The summed E-state index contributed by atoms with van der Waals surface area (Å²) in [6, 6.07) is 16.6. The lowest BCUT2D eigenvalue weighted by Gasteiger charge is -2.42. The molecule has 23 heavy (non-hydrogen) atoms. The Morgan fingerprint density at radius 3 is 2.04 bits per heavy atom. The van der Waals surface area contributed by atoms with Crippen molar-refractivity contribution in [2.75, 3.05) is 4.90 Å². The van der Waals surface area contributed by atoms with Gasteiger partial charge < -0.3 is 15.7 Å². The van der Waals surface area contributed by atoms with E-state index in [1.165, 1.54) is 11.1 Å². The number of hydrogen-bond acceptors (Lipinski definition) is 3. The fourth-order valence-electron chi connectivity index (χ4n) is 3.83. The summed E-state index contributed by atoms with van der Waals surface area (Å²) >= 11 is 0. The Hall–Kier alpha value is -2.10. The van der Waals surface area contributed by atoms with Crippen molar-refractivity contribution in [1.29, 1.82) is 0 Å². The normalized spacial score (nSPS) is 26.3. The van der Waals surface area contributed by atoms with Crippen LogP contribution in [-0.2, 0) is 0 Å². The van der Waals surface area contributed by atoms with Crippen LogP contribution in [-0.4, -0.2) is 23.3 Å². The van der Waals surface area contributed by atoms with Crippen molar-refractivity contribution in [2.45, 2.75) is 37.5 Å². The molecule has 2 aromatic carbocycles. The number of nitrogens with two attached hydrogens (primary N) is 1. The quantitative estimate of drug-likeness (QED) is 0.847. The molecule has 4 rings (SSSR count). The van der Waals surface area contributed by atoms with Gasteiger partial charge in [0.05, 0.1) is 12.1 Å². The molecule has 0 saturated heterocycles. The first kappa shape index (κ1) is 14.5. The van der Waals surface area contributed by atoms with Gasteiger partial charge in [-0.2, -0.15) is 0 Å². The van der Waals surface area contributed by atoms with Gasteiger partial charge >= 0.3 is 0 Å². The van der Waals surface area contributed by atoms with E-state index in [1.54, 1.807) is 0 Å². The number of benzene rings is 2. The molecule has 2 aliphatic rings. The maximum absolute atomic E-state index is 10.7. The highest BCUT2D eigenvalue weighted by molar-refractivity contribution is 5.89. The van der Waals surface area contributed by atoms with E-state index in [0.29, 0.717) is 0 Å². The molecule has 0 bridgehead atoms. The van der Waals surface area contributed by atoms with Gasteiger partial charge in [-0.1, -0.05) is 48.6 Å². The Morgan fingerprint density at radius 2 is 1.43 bits per heavy atom. The van der Waals surface area contributed by atoms with E-state index in [-0.39, 0.29) is 12.1 Å². The third-order valence-corrected chi connectivity index (χ3v) is 5.04. The van der Waals surface area contributed by atoms with Crippen LogP contribution in [0.5, 0.6) is 0 Å². The third kappa shape index (κ3) is 2.46. The first-order valence-corrected chi connectivity index (χ1v) is 8.35. The van der Waals surface area contributed by atoms with Crippen LogP contribution in [0, 0.1) is 0 Å². The standard InChI is InChI=1S/C20H22N2O/c21-16-8-5-11-19(20(16)23)22-17-9-3-1-6-14(17)12-13-15-7-2-4-10-18(15)22/h1-4,6-7,9-10,12-13,16,19-20,23H,5,8,11,21H2/t16-,19+,20+/m0/s1. The van der Waals surface area contributed by atoms with E-state index >= 15 is 0 Å². The largest absolute Gasteiger partial charge is 0.389 e. The summed E-state index contributed by atoms with van der Waals surface area (Å²) in [7, 11) is 0. The molecule has 1 aliphatic carbocycles. The van der Waals surface area contributed by atoms with Crippen LogP contribution in [0.3, 0.4) is 0 Å². The second-order valence-corrected chi connectivity index (χ2v) is 6.47. The van der Waals surface area contributed by atoms with Gasteiger partial charge in [0.15, 0.2) is 0 Å². The van der Waals surface area contributed by atoms with Gasteiger partial charge in [0.25, 0.3) is 0 Å². The molecule has 1 saturated carbocycles. The average Bonchev–Trinajstić information content (AvgIpc) is 2.75. The van der Waals surface area contributed by atoms with Gasteiger partial charge in [-0.05, 0) is 42.5 Å². The minimum Gasteiger partial charge on any atom is -0.389 e. The minimum atomic E-state index is -0.511. The summed E-state index contributed by atoms with van der Waals surface area (Å²) in [5.74, 6) is 0. The molecule has 3 nitrogen and oxygen atoms in total. The number of nitrogens with zero attached hydrogens (tertiary/aromatic N) is 1. The van der Waals surface area contributed by atoms with Crippen LogP contribution in [0.15, 0.2) is 48.5 Å². The number of fused-ring (bicyclic) bond motifs is 2. The molecular formula is C20H22N2O. The fourth-order valence-corrected chi connectivity index (χ4v) is 3.83. The second kappa shape index (κ2) is 5.84. The number of para-hydroxylation sites is 2. The van der Waals surface area contributed by atoms with Crippen LogP contribution in [0.25, 0.3) is 12.2 Å². The van der Waals surface area contributed by atoms with Gasteiger partial charge in [-0.25, -0.2) is 0 Å². The third-order valence-electron chi connectivity index (χ3n) is 5.04. The summed E-state index contributed by atoms with van der Waals surface area (Å²) < 4.78 is 0. The lowest BCUT2D eigenvalue weighted by Crippen LogP contribution is -2.53. The van der Waals surface area contributed by atoms with Crippen LogP contribution in [0.4, 0.5) is 11.4 Å². The highest BCUT2D eigenvalue weighted by atomic mass is 16.3. The summed E-state index contributed by atoms with van der Waals surface area (Å²) in [6.07, 6.45) is 6.71. The van der Waals surface area contributed by atoms with Crippen molar-refractivity contribution in [1.82, 2.24) is 0 Å². The van der Waals surface area contributed by atoms with E-state index in [9.17, 15) is 5.11 Å². The molecule has 1 aliphatic heterocycles. The lowest BCUT2D eigenvalue weighted by atomic mass is 9.86. The number of anilines is 2. The fraction of sp³-hybridized carbons (Fsp3) is 0.300. The summed E-state index contributed by atoms with van der Waals surface area (Å²) in [5, 5.41) is 10.7. The van der Waals surface area contributed by atoms with Crippen molar-refractivity contribution in [2.24, 2.45) is 5.73 Å². The highest BCUT2D eigenvalue weighted by Crippen LogP contribution is 2.40. The summed E-state index contributed by atoms with van der Waals surface area (Å²) in [4.78, 5) is 2.30. The maximum Gasteiger partial charge on any atom is 0.0897 e. The molecule has 118 valence electrons. The van der Waals surface area contributed by atoms with E-state index in [0.717, 1.165) is 30.6 Å². The number of aliphatic hydroxyl groups excluding tert-OH is 1. The van der Waals surface area contributed by atoms with Crippen molar-refractivity contribution < 1.29 is 5.11 Å². The predicted molar refractivity (Wildman–Crippen MR) is 95.6 cm³/mol. The first-order chi connectivity index (χ1) is 11.3. The number of rotatable bonds is 1. The number of hydrogen-bond donors (Lipinski definition) is 2. The maximum atomic E-state index is 10.7. The zero-order valence-electron chi connectivity index (χ0n) is 13.1. The average molecular weight is 306 g/mol. The molecule has 0 aromatic heterocycles. The van der Waals surface area contributed by atoms with Gasteiger partial charge in [0, 0.05) is 17.4 Å². The topological polar surface area (TPSA) is 49.5 Å². The smallest absolute Gasteiger partial charge is 0.0897 e. The molecular weight excluding hydrogens is 284 g/mol. The van der Waals surface area contributed by atoms with Crippen molar-refractivity contribution in [3.63, 3.8) is 0 Å². The predicted octanol–water partition coefficient (Wildman–Crippen LogP) is 3.55. The lowest BCUT2D eigenvalue weighted by molar-refractivity contribution is 0.0878.